The fourth-order valence-electron chi connectivity index (χ4n) is 3.03. The Balaban J connectivity index is 1.47. The fourth-order valence-corrected chi connectivity index (χ4v) is 3.03. The lowest BCUT2D eigenvalue weighted by Crippen LogP contribution is -2.18. The normalized spacial score (nSPS) is 10.7. The van der Waals surface area contributed by atoms with Gasteiger partial charge >= 0.3 is 0 Å². The molecular weight excluding hydrogens is 414 g/mol. The van der Waals surface area contributed by atoms with Gasteiger partial charge < -0.3 is 9.47 Å². The van der Waals surface area contributed by atoms with Gasteiger partial charge in [0.25, 0.3) is 5.91 Å². The summed E-state index contributed by atoms with van der Waals surface area (Å²) in [5, 5.41) is 4.04. The van der Waals surface area contributed by atoms with E-state index in [9.17, 15) is 4.79 Å². The minimum Gasteiger partial charge on any atom is -0.485 e. The summed E-state index contributed by atoms with van der Waals surface area (Å²) in [6.45, 7) is 0.829. The first kappa shape index (κ1) is 21.8. The predicted molar refractivity (Wildman–Crippen MR) is 127 cm³/mol. The molecule has 3 aromatic carbocycles. The lowest BCUT2D eigenvalue weighted by Gasteiger charge is -2.14. The third kappa shape index (κ3) is 6.51. The Bertz CT molecular complexity index is 1200. The van der Waals surface area contributed by atoms with Crippen LogP contribution in [0.1, 0.15) is 27.2 Å². The van der Waals surface area contributed by atoms with Gasteiger partial charge in [-0.2, -0.15) is 5.10 Å². The zero-order chi connectivity index (χ0) is 22.7. The fraction of sp³-hybridized carbons (Fsp3) is 0.0741. The lowest BCUT2D eigenvalue weighted by molar-refractivity contribution is 0.0950. The number of benzene rings is 3. The molecule has 6 nitrogen and oxygen atoms in total. The molecule has 0 spiro atoms. The number of hydrogen-bond acceptors (Lipinski definition) is 5. The Kier molecular flexibility index (Phi) is 7.42. The minimum atomic E-state index is -0.379. The molecule has 0 atom stereocenters. The standard InChI is InChI=1S/C27H23N3O3/c31-27(24-13-7-8-16-28-24)30-29-18-23-14-15-25(32-19-21-9-3-1-4-10-21)26(17-23)33-20-22-11-5-2-6-12-22/h1-18H,19-20H2,(H,30,31)/b29-18+. The summed E-state index contributed by atoms with van der Waals surface area (Å²) in [7, 11) is 0. The van der Waals surface area contributed by atoms with Crippen LogP contribution in [0.2, 0.25) is 0 Å². The number of carbonyl (C=O) groups is 1. The van der Waals surface area contributed by atoms with Crippen LogP contribution < -0.4 is 14.9 Å². The van der Waals surface area contributed by atoms with E-state index in [4.69, 9.17) is 9.47 Å². The summed E-state index contributed by atoms with van der Waals surface area (Å²) in [5.74, 6) is 0.842. The van der Waals surface area contributed by atoms with Crippen molar-refractivity contribution < 1.29 is 14.3 Å². The Morgan fingerprint density at radius 2 is 1.42 bits per heavy atom. The summed E-state index contributed by atoms with van der Waals surface area (Å²) in [6, 6.07) is 30.5. The molecule has 0 radical (unpaired) electrons. The summed E-state index contributed by atoms with van der Waals surface area (Å²) in [6.07, 6.45) is 3.11. The molecule has 4 aromatic rings. The van der Waals surface area contributed by atoms with Crippen LogP contribution in [0.3, 0.4) is 0 Å². The Morgan fingerprint density at radius 1 is 0.788 bits per heavy atom. The van der Waals surface area contributed by atoms with Gasteiger partial charge in [0, 0.05) is 6.20 Å². The van der Waals surface area contributed by atoms with Crippen molar-refractivity contribution in [1.82, 2.24) is 10.4 Å². The lowest BCUT2D eigenvalue weighted by atomic mass is 10.2. The molecule has 0 fully saturated rings. The molecule has 33 heavy (non-hydrogen) atoms. The number of ether oxygens (including phenoxy) is 2. The molecule has 1 amide bonds. The molecular formula is C27H23N3O3. The number of rotatable bonds is 9. The number of hydrazone groups is 1. The number of carbonyl (C=O) groups excluding carboxylic acids is 1. The maximum atomic E-state index is 12.1. The van der Waals surface area contributed by atoms with Crippen LogP contribution in [0.25, 0.3) is 0 Å². The van der Waals surface area contributed by atoms with Crippen LogP contribution in [-0.4, -0.2) is 17.1 Å². The smallest absolute Gasteiger partial charge is 0.289 e. The summed E-state index contributed by atoms with van der Waals surface area (Å²) in [5.41, 5.74) is 5.65. The summed E-state index contributed by atoms with van der Waals surface area (Å²) < 4.78 is 12.1. The number of nitrogens with zero attached hydrogens (tertiary/aromatic N) is 2. The maximum absolute atomic E-state index is 12.1. The van der Waals surface area contributed by atoms with Crippen molar-refractivity contribution >= 4 is 12.1 Å². The number of hydrogen-bond donors (Lipinski definition) is 1. The quantitative estimate of drug-likeness (QED) is 0.295. The minimum absolute atomic E-state index is 0.297. The number of amides is 1. The first-order valence-corrected chi connectivity index (χ1v) is 10.5. The highest BCUT2D eigenvalue weighted by atomic mass is 16.5. The number of nitrogens with one attached hydrogen (secondary N) is 1. The van der Waals surface area contributed by atoms with Crippen molar-refractivity contribution in [3.63, 3.8) is 0 Å². The van der Waals surface area contributed by atoms with E-state index >= 15 is 0 Å². The van der Waals surface area contributed by atoms with E-state index in [2.05, 4.69) is 15.5 Å². The van der Waals surface area contributed by atoms with Crippen molar-refractivity contribution in [1.29, 1.82) is 0 Å². The van der Waals surface area contributed by atoms with Gasteiger partial charge in [-0.1, -0.05) is 66.7 Å². The van der Waals surface area contributed by atoms with Crippen LogP contribution >= 0.6 is 0 Å². The molecule has 1 heterocycles. The zero-order valence-corrected chi connectivity index (χ0v) is 17.9. The van der Waals surface area contributed by atoms with Crippen LogP contribution in [0.4, 0.5) is 0 Å². The molecule has 0 bridgehead atoms. The Labute approximate surface area is 192 Å². The Morgan fingerprint density at radius 3 is 2.06 bits per heavy atom. The molecule has 6 heteroatoms. The molecule has 164 valence electrons. The highest BCUT2D eigenvalue weighted by Crippen LogP contribution is 2.29. The van der Waals surface area contributed by atoms with E-state index in [1.165, 1.54) is 0 Å². The van der Waals surface area contributed by atoms with Gasteiger partial charge in [-0.15, -0.1) is 0 Å². The monoisotopic (exact) mass is 437 g/mol. The molecule has 0 saturated carbocycles. The topological polar surface area (TPSA) is 72.8 Å². The number of pyridine rings is 1. The second-order valence-electron chi connectivity index (χ2n) is 7.17. The van der Waals surface area contributed by atoms with Gasteiger partial charge in [-0.25, -0.2) is 5.43 Å². The second kappa shape index (κ2) is 11.2. The van der Waals surface area contributed by atoms with E-state index in [0.29, 0.717) is 30.4 Å². The molecule has 0 aliphatic carbocycles. The van der Waals surface area contributed by atoms with Gasteiger partial charge in [0.15, 0.2) is 11.5 Å². The van der Waals surface area contributed by atoms with Crippen molar-refractivity contribution in [3.8, 4) is 11.5 Å². The van der Waals surface area contributed by atoms with Gasteiger partial charge in [-0.3, -0.25) is 9.78 Å². The maximum Gasteiger partial charge on any atom is 0.289 e. The SMILES string of the molecule is O=C(N/N=C/c1ccc(OCc2ccccc2)c(OCc2ccccc2)c1)c1ccccn1. The highest BCUT2D eigenvalue weighted by molar-refractivity contribution is 5.93. The molecule has 4 rings (SSSR count). The molecule has 1 aromatic heterocycles. The van der Waals surface area contributed by atoms with Crippen molar-refractivity contribution in [2.24, 2.45) is 5.10 Å². The van der Waals surface area contributed by atoms with E-state index in [1.807, 2.05) is 78.9 Å². The second-order valence-corrected chi connectivity index (χ2v) is 7.17. The molecule has 0 unspecified atom stereocenters. The molecule has 1 N–H and O–H groups in total. The predicted octanol–water partition coefficient (Wildman–Crippen LogP) is 5.00. The van der Waals surface area contributed by atoms with Crippen LogP contribution in [0.15, 0.2) is 108 Å². The van der Waals surface area contributed by atoms with Gasteiger partial charge in [0.05, 0.1) is 6.21 Å². The molecule has 0 aliphatic rings. The van der Waals surface area contributed by atoms with Crippen LogP contribution in [0, 0.1) is 0 Å². The third-order valence-corrected chi connectivity index (χ3v) is 4.72. The van der Waals surface area contributed by atoms with Gasteiger partial charge in [0.2, 0.25) is 0 Å². The third-order valence-electron chi connectivity index (χ3n) is 4.72. The molecule has 0 aliphatic heterocycles. The van der Waals surface area contributed by atoms with Crippen molar-refractivity contribution in [3.05, 3.63) is 126 Å². The average Bonchev–Trinajstić information content (AvgIpc) is 2.88. The number of aromatic nitrogens is 1. The average molecular weight is 437 g/mol. The zero-order valence-electron chi connectivity index (χ0n) is 17.9. The Hall–Kier alpha value is -4.45. The summed E-state index contributed by atoms with van der Waals surface area (Å²) in [4.78, 5) is 16.1. The van der Waals surface area contributed by atoms with Crippen LogP contribution in [0.5, 0.6) is 11.5 Å². The van der Waals surface area contributed by atoms with Crippen molar-refractivity contribution in [2.45, 2.75) is 13.2 Å². The molecule has 0 saturated heterocycles. The first-order valence-electron chi connectivity index (χ1n) is 10.5. The highest BCUT2D eigenvalue weighted by Gasteiger charge is 2.08. The van der Waals surface area contributed by atoms with E-state index in [0.717, 1.165) is 16.7 Å². The van der Waals surface area contributed by atoms with Crippen LogP contribution in [-0.2, 0) is 13.2 Å². The first-order chi connectivity index (χ1) is 16.3. The van der Waals surface area contributed by atoms with Gasteiger partial charge in [0.1, 0.15) is 18.9 Å². The largest absolute Gasteiger partial charge is 0.485 e. The van der Waals surface area contributed by atoms with Crippen molar-refractivity contribution in [2.75, 3.05) is 0 Å². The van der Waals surface area contributed by atoms with Gasteiger partial charge in [-0.05, 0) is 47.0 Å². The van der Waals surface area contributed by atoms with E-state index < -0.39 is 0 Å². The van der Waals surface area contributed by atoms with E-state index in [1.54, 1.807) is 30.6 Å². The summed E-state index contributed by atoms with van der Waals surface area (Å²) >= 11 is 0. The van der Waals surface area contributed by atoms with E-state index in [-0.39, 0.29) is 5.91 Å².